The fourth-order valence-corrected chi connectivity index (χ4v) is 3.18. The Morgan fingerprint density at radius 3 is 1.94 bits per heavy atom. The number of aliphatic hydroxyl groups is 1. The molecule has 2 aromatic carbocycles. The van der Waals surface area contributed by atoms with Gasteiger partial charge >= 0.3 is 0 Å². The van der Waals surface area contributed by atoms with Gasteiger partial charge in [-0.2, -0.15) is 0 Å². The molecule has 0 spiro atoms. The largest absolute Gasteiger partial charge is 0.506 e. The number of ketones is 2. The van der Waals surface area contributed by atoms with Crippen LogP contribution < -0.4 is 5.73 Å². The van der Waals surface area contributed by atoms with Crippen molar-refractivity contribution < 1.29 is 19.5 Å². The Hall–Kier alpha value is -4.46. The van der Waals surface area contributed by atoms with Crippen molar-refractivity contribution in [2.45, 2.75) is 13.8 Å². The molecule has 1 heterocycles. The summed E-state index contributed by atoms with van der Waals surface area (Å²) in [5.74, 6) is -2.81. The molecule has 0 atom stereocenters. The molecule has 0 aliphatic carbocycles. The van der Waals surface area contributed by atoms with Gasteiger partial charge in [-0.1, -0.05) is 60.7 Å². The fraction of sp³-hybridized carbons (Fsp3) is 0.0833. The topological polar surface area (TPSA) is 147 Å². The van der Waals surface area contributed by atoms with Crippen molar-refractivity contribution in [3.05, 3.63) is 100 Å². The number of hydrogen-bond donors (Lipinski definition) is 3. The molecule has 8 nitrogen and oxygen atoms in total. The van der Waals surface area contributed by atoms with Crippen LogP contribution in [0.25, 0.3) is 5.76 Å². The van der Waals surface area contributed by atoms with E-state index < -0.39 is 28.9 Å². The summed E-state index contributed by atoms with van der Waals surface area (Å²) < 4.78 is 0. The van der Waals surface area contributed by atoms with Crippen LogP contribution in [0.15, 0.2) is 66.2 Å². The van der Waals surface area contributed by atoms with Gasteiger partial charge in [0, 0.05) is 11.1 Å². The number of aliphatic hydroxyl groups excluding tert-OH is 1. The van der Waals surface area contributed by atoms with Gasteiger partial charge in [0.1, 0.15) is 17.2 Å². The molecule has 3 rings (SSSR count). The number of Topliss-reactive ketones (excluding diaryl/α,β-unsaturated/α-hetero) is 1. The molecule has 0 aliphatic heterocycles. The summed E-state index contributed by atoms with van der Waals surface area (Å²) in [6, 6.07) is 16.5. The Balaban J connectivity index is 2.16. The summed E-state index contributed by atoms with van der Waals surface area (Å²) in [5, 5.41) is 19.1. The zero-order valence-corrected chi connectivity index (χ0v) is 17.4. The molecular formula is C24H20N4O4. The lowest BCUT2D eigenvalue weighted by atomic mass is 9.98. The van der Waals surface area contributed by atoms with Crippen molar-refractivity contribution in [1.82, 2.24) is 9.97 Å². The van der Waals surface area contributed by atoms with E-state index in [0.29, 0.717) is 11.1 Å². The lowest BCUT2D eigenvalue weighted by Gasteiger charge is -2.13. The normalized spacial score (nSPS) is 11.4. The first-order valence-electron chi connectivity index (χ1n) is 9.59. The molecule has 0 saturated carbocycles. The quantitative estimate of drug-likeness (QED) is 0.228. The maximum Gasteiger partial charge on any atom is 0.268 e. The summed E-state index contributed by atoms with van der Waals surface area (Å²) in [6.45, 7) is 2.67. The van der Waals surface area contributed by atoms with Crippen molar-refractivity contribution in [2.75, 3.05) is 0 Å². The fourth-order valence-electron chi connectivity index (χ4n) is 3.18. The van der Waals surface area contributed by atoms with Crippen LogP contribution in [0.1, 0.15) is 50.4 Å². The highest BCUT2D eigenvalue weighted by atomic mass is 16.3. The molecule has 0 bridgehead atoms. The Kier molecular flexibility index (Phi) is 6.34. The predicted molar refractivity (Wildman–Crippen MR) is 119 cm³/mol. The standard InChI is InChI=1S/C24H20N4O4/c1-13-17(21(30)15-9-5-3-6-10-15)20(23(26)32)28-24(27-13)19(25)18(14(2)29)22(31)16-11-7-4-8-12-16/h3-12,25,31H,1-2H3,(H2,26,32). The summed E-state index contributed by atoms with van der Waals surface area (Å²) >= 11 is 0. The molecule has 4 N–H and O–H groups in total. The SMILES string of the molecule is CC(=O)C(C(=N)c1nc(C)c(C(=O)c2ccccc2)c(C(N)=O)n1)=C(O)c1ccccc1. The molecule has 8 heteroatoms. The van der Waals surface area contributed by atoms with Crippen LogP contribution in [-0.2, 0) is 4.79 Å². The highest BCUT2D eigenvalue weighted by Crippen LogP contribution is 2.22. The zero-order chi connectivity index (χ0) is 23.4. The van der Waals surface area contributed by atoms with Crippen molar-refractivity contribution >= 4 is 28.9 Å². The van der Waals surface area contributed by atoms with E-state index >= 15 is 0 Å². The molecule has 0 unspecified atom stereocenters. The average Bonchev–Trinajstić information content (AvgIpc) is 2.79. The van der Waals surface area contributed by atoms with Crippen LogP contribution in [-0.4, -0.2) is 38.3 Å². The molecule has 0 radical (unpaired) electrons. The van der Waals surface area contributed by atoms with Gasteiger partial charge in [-0.25, -0.2) is 9.97 Å². The summed E-state index contributed by atoms with van der Waals surface area (Å²) in [4.78, 5) is 45.6. The van der Waals surface area contributed by atoms with Gasteiger partial charge < -0.3 is 10.8 Å². The van der Waals surface area contributed by atoms with Crippen molar-refractivity contribution in [1.29, 1.82) is 5.41 Å². The molecule has 0 aliphatic rings. The number of benzene rings is 2. The Morgan fingerprint density at radius 2 is 1.44 bits per heavy atom. The summed E-state index contributed by atoms with van der Waals surface area (Å²) in [5.41, 5.74) is 4.96. The Bertz CT molecular complexity index is 1270. The highest BCUT2D eigenvalue weighted by molar-refractivity contribution is 6.29. The first-order chi connectivity index (χ1) is 15.2. The van der Waals surface area contributed by atoms with Gasteiger partial charge in [0.2, 0.25) is 0 Å². The Labute approximate surface area is 184 Å². The molecular weight excluding hydrogens is 408 g/mol. The number of nitrogens with two attached hydrogens (primary N) is 1. The average molecular weight is 428 g/mol. The Morgan fingerprint density at radius 1 is 0.906 bits per heavy atom. The van der Waals surface area contributed by atoms with Crippen LogP contribution in [0.2, 0.25) is 0 Å². The van der Waals surface area contributed by atoms with E-state index in [-0.39, 0.29) is 28.3 Å². The first kappa shape index (κ1) is 22.2. The van der Waals surface area contributed by atoms with E-state index in [0.717, 1.165) is 0 Å². The minimum Gasteiger partial charge on any atom is -0.506 e. The van der Waals surface area contributed by atoms with Gasteiger partial charge in [0.15, 0.2) is 17.4 Å². The second-order valence-corrected chi connectivity index (χ2v) is 6.94. The molecule has 1 amide bonds. The van der Waals surface area contributed by atoms with E-state index in [9.17, 15) is 19.5 Å². The van der Waals surface area contributed by atoms with Crippen LogP contribution >= 0.6 is 0 Å². The third-order valence-corrected chi connectivity index (χ3v) is 4.70. The highest BCUT2D eigenvalue weighted by Gasteiger charge is 2.27. The van der Waals surface area contributed by atoms with Gasteiger partial charge in [-0.15, -0.1) is 0 Å². The van der Waals surface area contributed by atoms with Crippen molar-refractivity contribution in [3.63, 3.8) is 0 Å². The number of allylic oxidation sites excluding steroid dienone is 1. The molecule has 3 aromatic rings. The first-order valence-corrected chi connectivity index (χ1v) is 9.59. The number of nitrogens with zero attached hydrogens (tertiary/aromatic N) is 2. The lowest BCUT2D eigenvalue weighted by molar-refractivity contribution is -0.113. The second kappa shape index (κ2) is 9.13. The van der Waals surface area contributed by atoms with E-state index in [4.69, 9.17) is 11.1 Å². The van der Waals surface area contributed by atoms with Gasteiger partial charge in [0.05, 0.1) is 16.8 Å². The number of carbonyl (C=O) groups is 3. The number of primary amides is 1. The lowest BCUT2D eigenvalue weighted by Crippen LogP contribution is -2.25. The number of nitrogens with one attached hydrogen (secondary N) is 1. The number of rotatable bonds is 7. The van der Waals surface area contributed by atoms with Gasteiger partial charge in [0.25, 0.3) is 5.91 Å². The van der Waals surface area contributed by atoms with E-state index in [1.807, 2.05) is 0 Å². The van der Waals surface area contributed by atoms with Gasteiger partial charge in [-0.05, 0) is 13.8 Å². The number of aromatic nitrogens is 2. The number of aryl methyl sites for hydroxylation is 1. The third kappa shape index (κ3) is 4.34. The predicted octanol–water partition coefficient (Wildman–Crippen LogP) is 3.04. The molecule has 32 heavy (non-hydrogen) atoms. The van der Waals surface area contributed by atoms with Gasteiger partial charge in [-0.3, -0.25) is 19.8 Å². The molecule has 1 aromatic heterocycles. The number of amides is 1. The van der Waals surface area contributed by atoms with E-state index in [1.54, 1.807) is 60.7 Å². The third-order valence-electron chi connectivity index (χ3n) is 4.70. The molecule has 0 fully saturated rings. The minimum absolute atomic E-state index is 0.0825. The molecule has 0 saturated heterocycles. The van der Waals surface area contributed by atoms with E-state index in [2.05, 4.69) is 9.97 Å². The van der Waals surface area contributed by atoms with Crippen LogP contribution in [0.5, 0.6) is 0 Å². The number of hydrogen-bond acceptors (Lipinski definition) is 7. The van der Waals surface area contributed by atoms with Crippen LogP contribution in [0.4, 0.5) is 0 Å². The molecule has 160 valence electrons. The summed E-state index contributed by atoms with van der Waals surface area (Å²) in [7, 11) is 0. The monoisotopic (exact) mass is 428 g/mol. The minimum atomic E-state index is -0.982. The van der Waals surface area contributed by atoms with Crippen LogP contribution in [0, 0.1) is 12.3 Å². The summed E-state index contributed by atoms with van der Waals surface area (Å²) in [6.07, 6.45) is 0. The smallest absolute Gasteiger partial charge is 0.268 e. The second-order valence-electron chi connectivity index (χ2n) is 6.94. The van der Waals surface area contributed by atoms with Crippen molar-refractivity contribution in [3.8, 4) is 0 Å². The maximum atomic E-state index is 13.0. The maximum absolute atomic E-state index is 13.0. The zero-order valence-electron chi connectivity index (χ0n) is 17.4. The van der Waals surface area contributed by atoms with Crippen LogP contribution in [0.3, 0.4) is 0 Å². The van der Waals surface area contributed by atoms with Crippen molar-refractivity contribution in [2.24, 2.45) is 5.73 Å². The van der Waals surface area contributed by atoms with E-state index in [1.165, 1.54) is 13.8 Å². The number of carbonyl (C=O) groups excluding carboxylic acids is 3.